The summed E-state index contributed by atoms with van der Waals surface area (Å²) in [5.41, 5.74) is 0. The van der Waals surface area contributed by atoms with Gasteiger partial charge in [-0.2, -0.15) is 0 Å². The molecule has 1 aliphatic heterocycles. The van der Waals surface area contributed by atoms with E-state index in [0.29, 0.717) is 0 Å². The van der Waals surface area contributed by atoms with Gasteiger partial charge in [-0.1, -0.05) is 6.92 Å². The average Bonchev–Trinajstić information content (AvgIpc) is 2.56. The first kappa shape index (κ1) is 11.1. The van der Waals surface area contributed by atoms with Crippen LogP contribution in [-0.4, -0.2) is 38.6 Å². The van der Waals surface area contributed by atoms with Crippen LogP contribution in [0.15, 0.2) is 12.4 Å². The summed E-state index contributed by atoms with van der Waals surface area (Å²) >= 11 is 0. The number of nitrogens with zero attached hydrogens (tertiary/aromatic N) is 3. The van der Waals surface area contributed by atoms with Crippen molar-refractivity contribution in [2.45, 2.75) is 13.5 Å². The van der Waals surface area contributed by atoms with Gasteiger partial charge in [0.15, 0.2) is 0 Å². The maximum atomic E-state index is 10.8. The highest BCUT2D eigenvalue weighted by atomic mass is 16.4. The van der Waals surface area contributed by atoms with Crippen LogP contribution in [0.1, 0.15) is 12.7 Å². The van der Waals surface area contributed by atoms with E-state index in [-0.39, 0.29) is 11.8 Å². The minimum absolute atomic E-state index is 0.238. The SMILES string of the molecule is CC(C(=O)O)C1CN(Cc2nccn2C)C1. The van der Waals surface area contributed by atoms with Crippen LogP contribution in [-0.2, 0) is 18.4 Å². The number of carboxylic acid groups (broad SMARTS) is 1. The summed E-state index contributed by atoms with van der Waals surface area (Å²) < 4.78 is 1.99. The normalized spacial score (nSPS) is 19.4. The third-order valence-corrected chi connectivity index (χ3v) is 3.37. The number of likely N-dealkylation sites (tertiary alicyclic amines) is 1. The fraction of sp³-hybridized carbons (Fsp3) is 0.636. The second kappa shape index (κ2) is 4.25. The number of carboxylic acids is 1. The van der Waals surface area contributed by atoms with Crippen LogP contribution in [0, 0.1) is 11.8 Å². The standard InChI is InChI=1S/C11H17N3O2/c1-8(11(15)16)9-5-14(6-9)7-10-12-3-4-13(10)2/h3-4,8-9H,5-7H2,1-2H3,(H,15,16). The van der Waals surface area contributed by atoms with Crippen molar-refractivity contribution in [1.82, 2.24) is 14.5 Å². The number of rotatable bonds is 4. The van der Waals surface area contributed by atoms with Gasteiger partial charge in [0, 0.05) is 32.5 Å². The first-order chi connectivity index (χ1) is 7.58. The van der Waals surface area contributed by atoms with Crippen LogP contribution in [0.5, 0.6) is 0 Å². The Morgan fingerprint density at radius 1 is 1.69 bits per heavy atom. The topological polar surface area (TPSA) is 58.4 Å². The summed E-state index contributed by atoms with van der Waals surface area (Å²) in [6.45, 7) is 4.32. The lowest BCUT2D eigenvalue weighted by Crippen LogP contribution is -2.50. The van der Waals surface area contributed by atoms with E-state index in [1.165, 1.54) is 0 Å². The molecule has 1 aromatic rings. The van der Waals surface area contributed by atoms with Gasteiger partial charge in [0.1, 0.15) is 5.82 Å². The smallest absolute Gasteiger partial charge is 0.306 e. The van der Waals surface area contributed by atoms with Gasteiger partial charge in [0.05, 0.1) is 12.5 Å². The van der Waals surface area contributed by atoms with E-state index in [1.54, 1.807) is 13.1 Å². The molecular formula is C11H17N3O2. The summed E-state index contributed by atoms with van der Waals surface area (Å²) in [5, 5.41) is 8.87. The molecule has 5 nitrogen and oxygen atoms in total. The molecule has 1 N–H and O–H groups in total. The van der Waals surface area contributed by atoms with Crippen molar-refractivity contribution >= 4 is 5.97 Å². The molecule has 0 bridgehead atoms. The van der Waals surface area contributed by atoms with E-state index in [2.05, 4.69) is 9.88 Å². The Bertz CT molecular complexity index is 382. The highest BCUT2D eigenvalue weighted by Gasteiger charge is 2.34. The molecule has 1 saturated heterocycles. The predicted molar refractivity (Wildman–Crippen MR) is 58.8 cm³/mol. The van der Waals surface area contributed by atoms with Crippen LogP contribution in [0.4, 0.5) is 0 Å². The summed E-state index contributed by atoms with van der Waals surface area (Å²) in [6, 6.07) is 0. The third kappa shape index (κ3) is 2.09. The lowest BCUT2D eigenvalue weighted by Gasteiger charge is -2.40. The Kier molecular flexibility index (Phi) is 2.96. The fourth-order valence-electron chi connectivity index (χ4n) is 2.01. The maximum absolute atomic E-state index is 10.8. The Labute approximate surface area is 94.7 Å². The Morgan fingerprint density at radius 3 is 2.88 bits per heavy atom. The van der Waals surface area contributed by atoms with Crippen molar-refractivity contribution < 1.29 is 9.90 Å². The lowest BCUT2D eigenvalue weighted by atomic mass is 9.87. The molecule has 0 aliphatic carbocycles. The van der Waals surface area contributed by atoms with Crippen LogP contribution in [0.3, 0.4) is 0 Å². The number of aryl methyl sites for hydroxylation is 1. The molecule has 2 heterocycles. The van der Waals surface area contributed by atoms with Crippen LogP contribution >= 0.6 is 0 Å². The minimum Gasteiger partial charge on any atom is -0.481 e. The predicted octanol–water partition coefficient (Wildman–Crippen LogP) is 0.573. The minimum atomic E-state index is -0.693. The van der Waals surface area contributed by atoms with E-state index in [4.69, 9.17) is 5.11 Å². The molecule has 0 radical (unpaired) electrons. The van der Waals surface area contributed by atoms with Gasteiger partial charge in [-0.05, 0) is 5.92 Å². The number of imidazole rings is 1. The molecule has 88 valence electrons. The molecule has 0 amide bonds. The Hall–Kier alpha value is -1.36. The first-order valence-corrected chi connectivity index (χ1v) is 5.49. The zero-order valence-corrected chi connectivity index (χ0v) is 9.63. The quantitative estimate of drug-likeness (QED) is 0.811. The molecule has 5 heteroatoms. The van der Waals surface area contributed by atoms with E-state index >= 15 is 0 Å². The van der Waals surface area contributed by atoms with E-state index in [9.17, 15) is 4.79 Å². The van der Waals surface area contributed by atoms with Crippen molar-refractivity contribution in [2.24, 2.45) is 18.9 Å². The molecule has 0 saturated carbocycles. The van der Waals surface area contributed by atoms with Gasteiger partial charge >= 0.3 is 5.97 Å². The van der Waals surface area contributed by atoms with Gasteiger partial charge < -0.3 is 9.67 Å². The molecule has 1 aromatic heterocycles. The van der Waals surface area contributed by atoms with Gasteiger partial charge in [0.2, 0.25) is 0 Å². The van der Waals surface area contributed by atoms with E-state index in [1.807, 2.05) is 17.8 Å². The van der Waals surface area contributed by atoms with Gasteiger partial charge in [-0.15, -0.1) is 0 Å². The second-order valence-corrected chi connectivity index (χ2v) is 4.54. The molecule has 0 aromatic carbocycles. The third-order valence-electron chi connectivity index (χ3n) is 3.37. The van der Waals surface area contributed by atoms with Crippen molar-refractivity contribution in [3.63, 3.8) is 0 Å². The van der Waals surface area contributed by atoms with Crippen molar-refractivity contribution in [2.75, 3.05) is 13.1 Å². The average molecular weight is 223 g/mol. The maximum Gasteiger partial charge on any atom is 0.306 e. The van der Waals surface area contributed by atoms with Crippen LogP contribution in [0.2, 0.25) is 0 Å². The Morgan fingerprint density at radius 2 is 2.38 bits per heavy atom. The summed E-state index contributed by atoms with van der Waals surface area (Å²) in [6.07, 6.45) is 3.71. The monoisotopic (exact) mass is 223 g/mol. The number of hydrogen-bond acceptors (Lipinski definition) is 3. The first-order valence-electron chi connectivity index (χ1n) is 5.49. The molecule has 0 spiro atoms. The van der Waals surface area contributed by atoms with E-state index in [0.717, 1.165) is 25.5 Å². The van der Waals surface area contributed by atoms with Crippen LogP contribution in [0.25, 0.3) is 0 Å². The highest BCUT2D eigenvalue weighted by molar-refractivity contribution is 5.70. The number of carbonyl (C=O) groups is 1. The van der Waals surface area contributed by atoms with Gasteiger partial charge in [-0.3, -0.25) is 9.69 Å². The number of aliphatic carboxylic acids is 1. The van der Waals surface area contributed by atoms with Crippen LogP contribution < -0.4 is 0 Å². The molecule has 2 rings (SSSR count). The van der Waals surface area contributed by atoms with Crippen molar-refractivity contribution in [1.29, 1.82) is 0 Å². The zero-order chi connectivity index (χ0) is 11.7. The number of hydrogen-bond donors (Lipinski definition) is 1. The molecule has 1 aliphatic rings. The molecular weight excluding hydrogens is 206 g/mol. The van der Waals surface area contributed by atoms with Crippen molar-refractivity contribution in [3.05, 3.63) is 18.2 Å². The molecule has 16 heavy (non-hydrogen) atoms. The Balaban J connectivity index is 1.81. The summed E-state index contributed by atoms with van der Waals surface area (Å²) in [5.74, 6) is 0.387. The van der Waals surface area contributed by atoms with Gasteiger partial charge in [-0.25, -0.2) is 4.98 Å². The summed E-state index contributed by atoms with van der Waals surface area (Å²) in [7, 11) is 1.97. The van der Waals surface area contributed by atoms with E-state index < -0.39 is 5.97 Å². The summed E-state index contributed by atoms with van der Waals surface area (Å²) in [4.78, 5) is 17.3. The fourth-order valence-corrected chi connectivity index (χ4v) is 2.01. The highest BCUT2D eigenvalue weighted by Crippen LogP contribution is 2.25. The number of aromatic nitrogens is 2. The second-order valence-electron chi connectivity index (χ2n) is 4.54. The van der Waals surface area contributed by atoms with Gasteiger partial charge in [0.25, 0.3) is 0 Å². The molecule has 1 unspecified atom stereocenters. The van der Waals surface area contributed by atoms with Crippen molar-refractivity contribution in [3.8, 4) is 0 Å². The molecule has 1 fully saturated rings. The lowest BCUT2D eigenvalue weighted by molar-refractivity contribution is -0.145. The molecule has 1 atom stereocenters. The largest absolute Gasteiger partial charge is 0.481 e. The zero-order valence-electron chi connectivity index (χ0n) is 9.63.